The minimum absolute atomic E-state index is 0.157. The quantitative estimate of drug-likeness (QED) is 0.684. The van der Waals surface area contributed by atoms with Crippen LogP contribution in [0.5, 0.6) is 11.5 Å². The van der Waals surface area contributed by atoms with Crippen molar-refractivity contribution in [2.75, 3.05) is 0 Å². The lowest BCUT2D eigenvalue weighted by atomic mass is 10.0. The van der Waals surface area contributed by atoms with Gasteiger partial charge in [0, 0.05) is 19.4 Å². The van der Waals surface area contributed by atoms with E-state index in [1.165, 1.54) is 0 Å². The van der Waals surface area contributed by atoms with Gasteiger partial charge in [-0.05, 0) is 25.5 Å². The molecule has 1 aromatic rings. The Labute approximate surface area is 93.8 Å². The summed E-state index contributed by atoms with van der Waals surface area (Å²) in [6.45, 7) is 6.76. The van der Waals surface area contributed by atoms with E-state index in [2.05, 4.69) is 0 Å². The summed E-state index contributed by atoms with van der Waals surface area (Å²) < 4.78 is 10.7. The normalized spacial score (nSPS) is 17.4. The number of phenols is 1. The number of hydrogen-bond acceptors (Lipinski definition) is 4. The molecule has 1 N–H and O–H groups in total. The second-order valence-electron chi connectivity index (χ2n) is 4.44. The molecule has 16 heavy (non-hydrogen) atoms. The van der Waals surface area contributed by atoms with E-state index in [1.807, 2.05) is 0 Å². The van der Waals surface area contributed by atoms with Crippen LogP contribution in [0.2, 0.25) is 0 Å². The number of cyclic esters (lactones) is 1. The number of fused-ring (bicyclic) bond motifs is 1. The van der Waals surface area contributed by atoms with Gasteiger partial charge in [0.05, 0.1) is 0 Å². The lowest BCUT2D eigenvalue weighted by molar-refractivity contribution is -0.127. The molecule has 0 atom stereocenters. The van der Waals surface area contributed by atoms with Crippen molar-refractivity contribution in [1.82, 2.24) is 0 Å². The molecule has 4 heteroatoms. The number of carbonyl (C=O) groups excluding carboxylic acids is 1. The summed E-state index contributed by atoms with van der Waals surface area (Å²) in [6, 6.07) is 1.58. The molecule has 4 nitrogen and oxygen atoms in total. The van der Waals surface area contributed by atoms with Crippen molar-refractivity contribution in [1.29, 1.82) is 0 Å². The molecule has 0 radical (unpaired) electrons. The maximum absolute atomic E-state index is 11.7. The maximum atomic E-state index is 11.7. The molecule has 86 valence electrons. The topological polar surface area (TPSA) is 55.8 Å². The van der Waals surface area contributed by atoms with Crippen molar-refractivity contribution in [2.45, 2.75) is 33.5 Å². The second-order valence-corrected chi connectivity index (χ2v) is 4.44. The molecule has 1 aliphatic rings. The van der Waals surface area contributed by atoms with Crippen LogP contribution in [-0.2, 0) is 4.74 Å². The highest BCUT2D eigenvalue weighted by atomic mass is 16.7. The molecule has 0 aliphatic carbocycles. The predicted molar refractivity (Wildman–Crippen MR) is 57.7 cm³/mol. The second kappa shape index (κ2) is 3.14. The highest BCUT2D eigenvalue weighted by Gasteiger charge is 2.35. The van der Waals surface area contributed by atoms with Crippen LogP contribution in [0.3, 0.4) is 0 Å². The van der Waals surface area contributed by atoms with Crippen LogP contribution < -0.4 is 4.74 Å². The molecular formula is C12H14O4. The first kappa shape index (κ1) is 10.8. The third-order valence-electron chi connectivity index (χ3n) is 2.58. The number of carbonyl (C=O) groups is 1. The van der Waals surface area contributed by atoms with Crippen molar-refractivity contribution >= 4 is 5.97 Å². The first-order chi connectivity index (χ1) is 7.32. The molecule has 1 aromatic carbocycles. The number of benzene rings is 1. The SMILES string of the molecule is Cc1cc2c(c(C)c1O)OC(C)(C)OC2=O. The van der Waals surface area contributed by atoms with Crippen molar-refractivity contribution in [3.63, 3.8) is 0 Å². The summed E-state index contributed by atoms with van der Waals surface area (Å²) >= 11 is 0. The number of hydrogen-bond donors (Lipinski definition) is 1. The molecule has 0 bridgehead atoms. The zero-order chi connectivity index (χ0) is 12.1. The minimum Gasteiger partial charge on any atom is -0.507 e. The smallest absolute Gasteiger partial charge is 0.345 e. The fourth-order valence-corrected chi connectivity index (χ4v) is 1.78. The fraction of sp³-hybridized carbons (Fsp3) is 0.417. The average Bonchev–Trinajstić information content (AvgIpc) is 2.16. The Balaban J connectivity index is 2.67. The van der Waals surface area contributed by atoms with Gasteiger partial charge in [0.2, 0.25) is 5.79 Å². The van der Waals surface area contributed by atoms with Gasteiger partial charge < -0.3 is 14.6 Å². The van der Waals surface area contributed by atoms with Gasteiger partial charge in [-0.15, -0.1) is 0 Å². The third kappa shape index (κ3) is 1.50. The van der Waals surface area contributed by atoms with E-state index in [4.69, 9.17) is 9.47 Å². The number of ether oxygens (including phenoxy) is 2. The van der Waals surface area contributed by atoms with Gasteiger partial charge in [-0.3, -0.25) is 0 Å². The van der Waals surface area contributed by atoms with Crippen LogP contribution in [0.15, 0.2) is 6.07 Å². The van der Waals surface area contributed by atoms with Crippen molar-refractivity contribution in [2.24, 2.45) is 0 Å². The Morgan fingerprint density at radius 3 is 2.50 bits per heavy atom. The molecular weight excluding hydrogens is 208 g/mol. The molecule has 0 saturated carbocycles. The van der Waals surface area contributed by atoms with Crippen molar-refractivity contribution < 1.29 is 19.4 Å². The first-order valence-corrected chi connectivity index (χ1v) is 5.07. The first-order valence-electron chi connectivity index (χ1n) is 5.07. The van der Waals surface area contributed by atoms with E-state index in [1.54, 1.807) is 33.8 Å². The monoisotopic (exact) mass is 222 g/mol. The molecule has 0 saturated heterocycles. The Bertz CT molecular complexity index is 474. The Morgan fingerprint density at radius 1 is 1.25 bits per heavy atom. The zero-order valence-electron chi connectivity index (χ0n) is 9.75. The number of aryl methyl sites for hydroxylation is 1. The highest BCUT2D eigenvalue weighted by Crippen LogP contribution is 2.39. The molecule has 0 unspecified atom stereocenters. The molecule has 0 fully saturated rings. The molecule has 2 rings (SSSR count). The third-order valence-corrected chi connectivity index (χ3v) is 2.58. The summed E-state index contributed by atoms with van der Waals surface area (Å²) in [7, 11) is 0. The van der Waals surface area contributed by atoms with Gasteiger partial charge in [-0.25, -0.2) is 4.79 Å². The zero-order valence-corrected chi connectivity index (χ0v) is 9.75. The van der Waals surface area contributed by atoms with Crippen molar-refractivity contribution in [3.8, 4) is 11.5 Å². The number of aromatic hydroxyl groups is 1. The predicted octanol–water partition coefficient (Wildman–Crippen LogP) is 2.29. The largest absolute Gasteiger partial charge is 0.507 e. The molecule has 0 aromatic heterocycles. The van der Waals surface area contributed by atoms with Crippen LogP contribution in [0.4, 0.5) is 0 Å². The summed E-state index contributed by atoms with van der Waals surface area (Å²) in [5.41, 5.74) is 1.57. The highest BCUT2D eigenvalue weighted by molar-refractivity contribution is 5.95. The Morgan fingerprint density at radius 2 is 1.88 bits per heavy atom. The number of rotatable bonds is 0. The van der Waals surface area contributed by atoms with Gasteiger partial charge in [0.1, 0.15) is 17.1 Å². The van der Waals surface area contributed by atoms with Gasteiger partial charge in [0.25, 0.3) is 0 Å². The van der Waals surface area contributed by atoms with Gasteiger partial charge in [0.15, 0.2) is 0 Å². The number of phenolic OH excluding ortho intramolecular Hbond substituents is 1. The van der Waals surface area contributed by atoms with Crippen LogP contribution in [0, 0.1) is 13.8 Å². The average molecular weight is 222 g/mol. The Hall–Kier alpha value is -1.71. The minimum atomic E-state index is -0.990. The van der Waals surface area contributed by atoms with Crippen LogP contribution >= 0.6 is 0 Å². The van der Waals surface area contributed by atoms with Gasteiger partial charge >= 0.3 is 5.97 Å². The Kier molecular flexibility index (Phi) is 2.12. The van der Waals surface area contributed by atoms with Crippen LogP contribution in [0.1, 0.15) is 35.3 Å². The summed E-state index contributed by atoms with van der Waals surface area (Å²) in [4.78, 5) is 11.7. The van der Waals surface area contributed by atoms with E-state index in [-0.39, 0.29) is 5.75 Å². The lowest BCUT2D eigenvalue weighted by Crippen LogP contribution is -2.39. The van der Waals surface area contributed by atoms with Gasteiger partial charge in [-0.1, -0.05) is 0 Å². The summed E-state index contributed by atoms with van der Waals surface area (Å²) in [6.07, 6.45) is 0. The molecule has 0 amide bonds. The van der Waals surface area contributed by atoms with Gasteiger partial charge in [-0.2, -0.15) is 0 Å². The summed E-state index contributed by atoms with van der Waals surface area (Å²) in [5, 5.41) is 9.79. The van der Waals surface area contributed by atoms with Crippen molar-refractivity contribution in [3.05, 3.63) is 22.8 Å². The maximum Gasteiger partial charge on any atom is 0.345 e. The van der Waals surface area contributed by atoms with Crippen LogP contribution in [0.25, 0.3) is 0 Å². The summed E-state index contributed by atoms with van der Waals surface area (Å²) in [5.74, 6) is -0.845. The number of esters is 1. The standard InChI is InChI=1S/C12H14O4/c1-6-5-8-10(7(2)9(6)13)15-12(3,4)16-11(8)14/h5,13H,1-4H3. The molecule has 0 spiro atoms. The lowest BCUT2D eigenvalue weighted by Gasteiger charge is -2.33. The molecule has 1 aliphatic heterocycles. The van der Waals surface area contributed by atoms with E-state index < -0.39 is 11.8 Å². The fourth-order valence-electron chi connectivity index (χ4n) is 1.78. The van der Waals surface area contributed by atoms with E-state index >= 15 is 0 Å². The van der Waals surface area contributed by atoms with E-state index in [0.29, 0.717) is 22.4 Å². The van der Waals surface area contributed by atoms with E-state index in [0.717, 1.165) is 0 Å². The molecule has 1 heterocycles. The van der Waals surface area contributed by atoms with E-state index in [9.17, 15) is 9.90 Å². The van der Waals surface area contributed by atoms with Crippen LogP contribution in [-0.4, -0.2) is 16.9 Å².